The summed E-state index contributed by atoms with van der Waals surface area (Å²) < 4.78 is 5.37. The summed E-state index contributed by atoms with van der Waals surface area (Å²) in [5.74, 6) is 0.666. The number of carbonyl (C=O) groups excluding carboxylic acids is 1. The summed E-state index contributed by atoms with van der Waals surface area (Å²) >= 11 is 0. The molecule has 1 aliphatic carbocycles. The number of ether oxygens (including phenoxy) is 1. The van der Waals surface area contributed by atoms with Gasteiger partial charge in [-0.1, -0.05) is 25.0 Å². The fourth-order valence-corrected chi connectivity index (χ4v) is 2.52. The van der Waals surface area contributed by atoms with E-state index in [0.29, 0.717) is 6.61 Å². The lowest BCUT2D eigenvalue weighted by Gasteiger charge is -2.27. The molecule has 0 bridgehead atoms. The van der Waals surface area contributed by atoms with Gasteiger partial charge >= 0.3 is 0 Å². The van der Waals surface area contributed by atoms with Gasteiger partial charge in [-0.05, 0) is 43.5 Å². The lowest BCUT2D eigenvalue weighted by Crippen LogP contribution is -2.44. The Morgan fingerprint density at radius 1 is 1.33 bits per heavy atom. The first-order valence-corrected chi connectivity index (χ1v) is 7.58. The molecule has 1 amide bonds. The fraction of sp³-hybridized carbons (Fsp3) is 0.471. The van der Waals surface area contributed by atoms with E-state index in [1.807, 2.05) is 31.2 Å². The van der Waals surface area contributed by atoms with Crippen LogP contribution in [0.25, 0.3) is 6.08 Å². The van der Waals surface area contributed by atoms with Gasteiger partial charge in [0.15, 0.2) is 0 Å². The molecule has 0 aromatic heterocycles. The first-order chi connectivity index (χ1) is 10.2. The number of carbonyl (C=O) groups is 1. The van der Waals surface area contributed by atoms with Crippen molar-refractivity contribution in [3.8, 4) is 5.75 Å². The highest BCUT2D eigenvalue weighted by Crippen LogP contribution is 2.18. The van der Waals surface area contributed by atoms with Crippen LogP contribution < -0.4 is 10.1 Å². The Bertz CT molecular complexity index is 481. The highest BCUT2D eigenvalue weighted by atomic mass is 16.5. The van der Waals surface area contributed by atoms with E-state index >= 15 is 0 Å². The van der Waals surface area contributed by atoms with Crippen molar-refractivity contribution in [2.45, 2.75) is 44.8 Å². The molecule has 1 saturated carbocycles. The largest absolute Gasteiger partial charge is 0.494 e. The summed E-state index contributed by atoms with van der Waals surface area (Å²) in [4.78, 5) is 11.9. The molecule has 114 valence electrons. The quantitative estimate of drug-likeness (QED) is 0.819. The van der Waals surface area contributed by atoms with Crippen LogP contribution in [0, 0.1) is 0 Å². The summed E-state index contributed by atoms with van der Waals surface area (Å²) in [6, 6.07) is 7.46. The van der Waals surface area contributed by atoms with Gasteiger partial charge in [0.25, 0.3) is 0 Å². The van der Waals surface area contributed by atoms with E-state index in [1.165, 1.54) is 6.08 Å². The third kappa shape index (κ3) is 4.90. The van der Waals surface area contributed by atoms with Crippen LogP contribution in [0.1, 0.15) is 38.2 Å². The standard InChI is InChI=1S/C17H23NO3/c1-2-21-14-10-7-13(8-11-14)9-12-17(20)18-15-5-3-4-6-16(15)19/h7-12,15-16,19H,2-6H2,1H3,(H,18,20)/b12-9+/t15-,16-/m1/s1. The maximum absolute atomic E-state index is 11.9. The van der Waals surface area contributed by atoms with Gasteiger partial charge in [0.1, 0.15) is 5.75 Å². The molecule has 0 heterocycles. The lowest BCUT2D eigenvalue weighted by molar-refractivity contribution is -0.118. The van der Waals surface area contributed by atoms with Crippen LogP contribution in [0.5, 0.6) is 5.75 Å². The average molecular weight is 289 g/mol. The number of aliphatic hydroxyl groups excluding tert-OH is 1. The predicted octanol–water partition coefficient (Wildman–Crippen LogP) is 2.52. The monoisotopic (exact) mass is 289 g/mol. The first-order valence-electron chi connectivity index (χ1n) is 7.58. The Morgan fingerprint density at radius 3 is 2.71 bits per heavy atom. The number of hydrogen-bond donors (Lipinski definition) is 2. The van der Waals surface area contributed by atoms with E-state index < -0.39 is 6.10 Å². The van der Waals surface area contributed by atoms with E-state index in [-0.39, 0.29) is 11.9 Å². The van der Waals surface area contributed by atoms with Gasteiger partial charge in [-0.15, -0.1) is 0 Å². The number of aliphatic hydroxyl groups is 1. The van der Waals surface area contributed by atoms with Gasteiger partial charge in [-0.2, -0.15) is 0 Å². The Labute approximate surface area is 125 Å². The molecule has 4 nitrogen and oxygen atoms in total. The Kier molecular flexibility index (Phi) is 5.81. The summed E-state index contributed by atoms with van der Waals surface area (Å²) in [5, 5.41) is 12.7. The van der Waals surface area contributed by atoms with Gasteiger partial charge in [-0.25, -0.2) is 0 Å². The second-order valence-electron chi connectivity index (χ2n) is 5.30. The maximum Gasteiger partial charge on any atom is 0.244 e. The third-order valence-corrected chi connectivity index (χ3v) is 3.68. The molecule has 2 N–H and O–H groups in total. The van der Waals surface area contributed by atoms with Crippen LogP contribution >= 0.6 is 0 Å². The fourth-order valence-electron chi connectivity index (χ4n) is 2.52. The highest BCUT2D eigenvalue weighted by molar-refractivity contribution is 5.91. The normalized spacial score (nSPS) is 22.2. The Balaban J connectivity index is 1.86. The van der Waals surface area contributed by atoms with Crippen molar-refractivity contribution in [3.63, 3.8) is 0 Å². The number of hydrogen-bond acceptors (Lipinski definition) is 3. The molecule has 21 heavy (non-hydrogen) atoms. The number of nitrogens with one attached hydrogen (secondary N) is 1. The van der Waals surface area contributed by atoms with Crippen LogP contribution in [0.15, 0.2) is 30.3 Å². The van der Waals surface area contributed by atoms with Crippen LogP contribution in [0.3, 0.4) is 0 Å². The first kappa shape index (κ1) is 15.6. The molecule has 1 aliphatic rings. The molecule has 1 fully saturated rings. The molecule has 0 radical (unpaired) electrons. The zero-order valence-electron chi connectivity index (χ0n) is 12.4. The second-order valence-corrected chi connectivity index (χ2v) is 5.30. The molecule has 4 heteroatoms. The van der Waals surface area contributed by atoms with Gasteiger partial charge in [0, 0.05) is 6.08 Å². The van der Waals surface area contributed by atoms with Crippen molar-refractivity contribution < 1.29 is 14.6 Å². The number of amides is 1. The van der Waals surface area contributed by atoms with E-state index in [2.05, 4.69) is 5.32 Å². The van der Waals surface area contributed by atoms with Gasteiger partial charge < -0.3 is 15.2 Å². The third-order valence-electron chi connectivity index (χ3n) is 3.68. The average Bonchev–Trinajstić information content (AvgIpc) is 2.49. The molecular weight excluding hydrogens is 266 g/mol. The van der Waals surface area contributed by atoms with Crippen molar-refractivity contribution in [2.24, 2.45) is 0 Å². The Morgan fingerprint density at radius 2 is 2.05 bits per heavy atom. The van der Waals surface area contributed by atoms with Gasteiger partial charge in [0.2, 0.25) is 5.91 Å². The molecule has 0 spiro atoms. The van der Waals surface area contributed by atoms with Gasteiger partial charge in [0.05, 0.1) is 18.8 Å². The second kappa shape index (κ2) is 7.84. The van der Waals surface area contributed by atoms with E-state index in [9.17, 15) is 9.90 Å². The smallest absolute Gasteiger partial charge is 0.244 e. The number of benzene rings is 1. The molecule has 2 atom stereocenters. The molecule has 0 aliphatic heterocycles. The topological polar surface area (TPSA) is 58.6 Å². The summed E-state index contributed by atoms with van der Waals surface area (Å²) in [7, 11) is 0. The lowest BCUT2D eigenvalue weighted by atomic mass is 9.92. The van der Waals surface area contributed by atoms with Crippen molar-refractivity contribution in [3.05, 3.63) is 35.9 Å². The molecule has 1 aromatic carbocycles. The van der Waals surface area contributed by atoms with Crippen molar-refractivity contribution in [2.75, 3.05) is 6.61 Å². The SMILES string of the molecule is CCOc1ccc(/C=C/C(=O)N[C@@H]2CCCC[C@H]2O)cc1. The van der Waals surface area contributed by atoms with Crippen molar-refractivity contribution >= 4 is 12.0 Å². The molecule has 1 aromatic rings. The molecule has 0 unspecified atom stereocenters. The highest BCUT2D eigenvalue weighted by Gasteiger charge is 2.23. The molecule has 0 saturated heterocycles. The van der Waals surface area contributed by atoms with Crippen LogP contribution in [0.2, 0.25) is 0 Å². The molecule has 2 rings (SSSR count). The minimum Gasteiger partial charge on any atom is -0.494 e. The number of rotatable bonds is 5. The van der Waals surface area contributed by atoms with Crippen LogP contribution in [0.4, 0.5) is 0 Å². The predicted molar refractivity (Wildman–Crippen MR) is 83.1 cm³/mol. The van der Waals surface area contributed by atoms with Gasteiger partial charge in [-0.3, -0.25) is 4.79 Å². The Hall–Kier alpha value is -1.81. The molecular formula is C17H23NO3. The minimum atomic E-state index is -0.415. The minimum absolute atomic E-state index is 0.115. The maximum atomic E-state index is 11.9. The summed E-state index contributed by atoms with van der Waals surface area (Å²) in [6.07, 6.45) is 6.58. The zero-order valence-corrected chi connectivity index (χ0v) is 12.4. The van der Waals surface area contributed by atoms with Crippen LogP contribution in [-0.2, 0) is 4.79 Å². The van der Waals surface area contributed by atoms with E-state index in [1.54, 1.807) is 6.08 Å². The van der Waals surface area contributed by atoms with Crippen LogP contribution in [-0.4, -0.2) is 29.8 Å². The van der Waals surface area contributed by atoms with E-state index in [4.69, 9.17) is 4.74 Å². The van der Waals surface area contributed by atoms with E-state index in [0.717, 1.165) is 37.0 Å². The summed E-state index contributed by atoms with van der Waals surface area (Å²) in [5.41, 5.74) is 0.942. The zero-order chi connectivity index (χ0) is 15.1. The van der Waals surface area contributed by atoms with Crippen molar-refractivity contribution in [1.29, 1.82) is 0 Å². The summed E-state index contributed by atoms with van der Waals surface area (Å²) in [6.45, 7) is 2.58. The van der Waals surface area contributed by atoms with Crippen molar-refractivity contribution in [1.82, 2.24) is 5.32 Å².